The molecule has 0 spiro atoms. The molecule has 0 unspecified atom stereocenters. The summed E-state index contributed by atoms with van der Waals surface area (Å²) in [5, 5.41) is 0. The Morgan fingerprint density at radius 2 is 2.13 bits per heavy atom. The molecule has 0 radical (unpaired) electrons. The van der Waals surface area contributed by atoms with Crippen LogP contribution in [0.4, 0.5) is 0 Å². The van der Waals surface area contributed by atoms with Gasteiger partial charge in [0.15, 0.2) is 0 Å². The molecule has 1 aromatic rings. The highest BCUT2D eigenvalue weighted by Crippen LogP contribution is 2.24. The topological polar surface area (TPSA) is 47.1 Å². The minimum absolute atomic E-state index is 0.0761. The van der Waals surface area contributed by atoms with E-state index in [2.05, 4.69) is 21.5 Å². The summed E-state index contributed by atoms with van der Waals surface area (Å²) in [6.45, 7) is 4.35. The average Bonchev–Trinajstić information content (AvgIpc) is 2.67. The number of hydrogen-bond donors (Lipinski definition) is 1. The minimum Gasteiger partial charge on any atom is -0.330 e. The predicted molar refractivity (Wildman–Crippen MR) is 60.6 cm³/mol. The third kappa shape index (κ3) is 2.21. The fourth-order valence-corrected chi connectivity index (χ4v) is 2.25. The number of aromatic nitrogens is 2. The lowest BCUT2D eigenvalue weighted by Gasteiger charge is -2.31. The zero-order valence-corrected chi connectivity index (χ0v) is 9.56. The van der Waals surface area contributed by atoms with E-state index in [9.17, 15) is 0 Å². The number of hydrogen-bond acceptors (Lipinski definition) is 3. The van der Waals surface area contributed by atoms with E-state index in [1.807, 2.05) is 19.4 Å². The molecule has 0 aromatic carbocycles. The lowest BCUT2D eigenvalue weighted by atomic mass is 10.0. The highest BCUT2D eigenvalue weighted by atomic mass is 15.1. The van der Waals surface area contributed by atoms with Gasteiger partial charge in [-0.25, -0.2) is 4.98 Å². The van der Waals surface area contributed by atoms with Gasteiger partial charge < -0.3 is 15.2 Å². The molecule has 0 amide bonds. The monoisotopic (exact) mass is 208 g/mol. The van der Waals surface area contributed by atoms with Crippen LogP contribution in [-0.2, 0) is 0 Å². The summed E-state index contributed by atoms with van der Waals surface area (Å²) in [6, 6.07) is 0.664. The first kappa shape index (κ1) is 10.6. The van der Waals surface area contributed by atoms with Crippen LogP contribution < -0.4 is 5.73 Å². The van der Waals surface area contributed by atoms with Gasteiger partial charge in [0.2, 0.25) is 0 Å². The molecule has 2 rings (SSSR count). The number of imidazole rings is 1. The van der Waals surface area contributed by atoms with E-state index in [-0.39, 0.29) is 6.04 Å². The zero-order valence-electron chi connectivity index (χ0n) is 9.56. The van der Waals surface area contributed by atoms with Gasteiger partial charge >= 0.3 is 0 Å². The molecule has 1 aliphatic heterocycles. The second kappa shape index (κ2) is 4.33. The molecule has 0 aliphatic carbocycles. The first-order chi connectivity index (χ1) is 7.18. The molecule has 0 saturated carbocycles. The first-order valence-electron chi connectivity index (χ1n) is 5.64. The van der Waals surface area contributed by atoms with Crippen molar-refractivity contribution in [3.05, 3.63) is 18.2 Å². The number of nitrogens with two attached hydrogens (primary N) is 1. The SMILES string of the molecule is C[C@H](N)c1cncn1C1CCN(C)CC1. The van der Waals surface area contributed by atoms with Crippen LogP contribution in [0.2, 0.25) is 0 Å². The Morgan fingerprint density at radius 3 is 2.73 bits per heavy atom. The molecule has 2 heterocycles. The van der Waals surface area contributed by atoms with Crippen LogP contribution in [0.5, 0.6) is 0 Å². The quantitative estimate of drug-likeness (QED) is 0.793. The fraction of sp³-hybridized carbons (Fsp3) is 0.727. The Morgan fingerprint density at radius 1 is 1.47 bits per heavy atom. The van der Waals surface area contributed by atoms with Crippen molar-refractivity contribution in [2.45, 2.75) is 31.8 Å². The third-order valence-corrected chi connectivity index (χ3v) is 3.24. The van der Waals surface area contributed by atoms with Gasteiger partial charge in [0.1, 0.15) is 0 Å². The first-order valence-corrected chi connectivity index (χ1v) is 5.64. The maximum absolute atomic E-state index is 5.92. The highest BCUT2D eigenvalue weighted by Gasteiger charge is 2.20. The second-order valence-corrected chi connectivity index (χ2v) is 4.55. The molecule has 1 aliphatic rings. The van der Waals surface area contributed by atoms with E-state index in [1.165, 1.54) is 25.9 Å². The normalized spacial score (nSPS) is 21.8. The van der Waals surface area contributed by atoms with E-state index in [1.54, 1.807) is 0 Å². The predicted octanol–water partition coefficient (Wildman–Crippen LogP) is 1.17. The number of piperidine rings is 1. The molecule has 1 fully saturated rings. The molecule has 4 heteroatoms. The summed E-state index contributed by atoms with van der Waals surface area (Å²) in [7, 11) is 2.18. The Balaban J connectivity index is 2.12. The minimum atomic E-state index is 0.0761. The largest absolute Gasteiger partial charge is 0.330 e. The van der Waals surface area contributed by atoms with Gasteiger partial charge in [-0.2, -0.15) is 0 Å². The van der Waals surface area contributed by atoms with Crippen molar-refractivity contribution in [3.8, 4) is 0 Å². The van der Waals surface area contributed by atoms with Crippen LogP contribution in [0.25, 0.3) is 0 Å². The summed E-state index contributed by atoms with van der Waals surface area (Å²) in [6.07, 6.45) is 6.22. The van der Waals surface area contributed by atoms with Crippen LogP contribution in [-0.4, -0.2) is 34.6 Å². The summed E-state index contributed by atoms with van der Waals surface area (Å²) < 4.78 is 2.26. The standard InChI is InChI=1S/C11H20N4/c1-9(12)11-7-13-8-15(11)10-3-5-14(2)6-4-10/h7-10H,3-6,12H2,1-2H3/t9-/m0/s1. The van der Waals surface area contributed by atoms with Gasteiger partial charge in [-0.15, -0.1) is 0 Å². The van der Waals surface area contributed by atoms with E-state index in [0.717, 1.165) is 5.69 Å². The van der Waals surface area contributed by atoms with E-state index in [0.29, 0.717) is 6.04 Å². The summed E-state index contributed by atoms with van der Waals surface area (Å²) in [4.78, 5) is 6.58. The van der Waals surface area contributed by atoms with Crippen LogP contribution in [0.1, 0.15) is 37.5 Å². The van der Waals surface area contributed by atoms with Crippen LogP contribution in [0.15, 0.2) is 12.5 Å². The lowest BCUT2D eigenvalue weighted by molar-refractivity contribution is 0.218. The summed E-state index contributed by atoms with van der Waals surface area (Å²) in [5.74, 6) is 0. The Bertz CT molecular complexity index is 310. The van der Waals surface area contributed by atoms with Gasteiger partial charge in [-0.05, 0) is 39.9 Å². The van der Waals surface area contributed by atoms with Gasteiger partial charge in [0, 0.05) is 18.3 Å². The molecule has 1 atom stereocenters. The molecular weight excluding hydrogens is 188 g/mol. The molecule has 0 bridgehead atoms. The van der Waals surface area contributed by atoms with Crippen molar-refractivity contribution in [1.82, 2.24) is 14.5 Å². The third-order valence-electron chi connectivity index (χ3n) is 3.24. The van der Waals surface area contributed by atoms with Gasteiger partial charge in [-0.3, -0.25) is 0 Å². The molecular formula is C11H20N4. The van der Waals surface area contributed by atoms with Crippen LogP contribution in [0.3, 0.4) is 0 Å². The van der Waals surface area contributed by atoms with Crippen molar-refractivity contribution in [2.24, 2.45) is 5.73 Å². The Labute approximate surface area is 91.1 Å². The second-order valence-electron chi connectivity index (χ2n) is 4.55. The van der Waals surface area contributed by atoms with Crippen molar-refractivity contribution in [3.63, 3.8) is 0 Å². The fourth-order valence-electron chi connectivity index (χ4n) is 2.25. The Kier molecular flexibility index (Phi) is 3.07. The molecule has 84 valence electrons. The Hall–Kier alpha value is -0.870. The maximum Gasteiger partial charge on any atom is 0.0951 e. The lowest BCUT2D eigenvalue weighted by Crippen LogP contribution is -2.32. The van der Waals surface area contributed by atoms with Crippen molar-refractivity contribution in [2.75, 3.05) is 20.1 Å². The van der Waals surface area contributed by atoms with Crippen molar-refractivity contribution in [1.29, 1.82) is 0 Å². The van der Waals surface area contributed by atoms with Crippen LogP contribution >= 0.6 is 0 Å². The molecule has 2 N–H and O–H groups in total. The smallest absolute Gasteiger partial charge is 0.0951 e. The number of likely N-dealkylation sites (tertiary alicyclic amines) is 1. The molecule has 15 heavy (non-hydrogen) atoms. The molecule has 1 aromatic heterocycles. The number of nitrogens with zero attached hydrogens (tertiary/aromatic N) is 3. The highest BCUT2D eigenvalue weighted by molar-refractivity contribution is 5.05. The van der Waals surface area contributed by atoms with Crippen LogP contribution in [0, 0.1) is 0 Å². The summed E-state index contributed by atoms with van der Waals surface area (Å²) >= 11 is 0. The van der Waals surface area contributed by atoms with E-state index >= 15 is 0 Å². The van der Waals surface area contributed by atoms with E-state index in [4.69, 9.17) is 5.73 Å². The van der Waals surface area contributed by atoms with Crippen molar-refractivity contribution >= 4 is 0 Å². The average molecular weight is 208 g/mol. The number of rotatable bonds is 2. The van der Waals surface area contributed by atoms with Gasteiger partial charge in [0.05, 0.1) is 12.0 Å². The molecule has 4 nitrogen and oxygen atoms in total. The maximum atomic E-state index is 5.92. The summed E-state index contributed by atoms with van der Waals surface area (Å²) in [5.41, 5.74) is 7.08. The van der Waals surface area contributed by atoms with Crippen molar-refractivity contribution < 1.29 is 0 Å². The van der Waals surface area contributed by atoms with E-state index < -0.39 is 0 Å². The molecule has 1 saturated heterocycles. The van der Waals surface area contributed by atoms with Gasteiger partial charge in [0.25, 0.3) is 0 Å². The zero-order chi connectivity index (χ0) is 10.8. The van der Waals surface area contributed by atoms with Gasteiger partial charge in [-0.1, -0.05) is 0 Å².